The summed E-state index contributed by atoms with van der Waals surface area (Å²) >= 11 is 1.30. The summed E-state index contributed by atoms with van der Waals surface area (Å²) in [5.74, 6) is 1.25. The lowest BCUT2D eigenvalue weighted by atomic mass is 10.1. The lowest BCUT2D eigenvalue weighted by Gasteiger charge is -2.05. The summed E-state index contributed by atoms with van der Waals surface area (Å²) < 4.78 is 7.67. The standard InChI is InChI=1S/C22H17N5O2S/c1-14-7-5-6-10-17(14)29-13-19-24-22-27(26-19)21(28)18(30-22)11-16-12-23-25-20(16)15-8-3-2-4-9-15/h2-12H,13H2,1H3,(H,23,25). The molecule has 0 aliphatic rings. The van der Waals surface area contributed by atoms with E-state index >= 15 is 0 Å². The van der Waals surface area contributed by atoms with Crippen LogP contribution >= 0.6 is 11.3 Å². The molecule has 1 N–H and O–H groups in total. The summed E-state index contributed by atoms with van der Waals surface area (Å²) in [6.07, 6.45) is 3.53. The molecule has 3 heterocycles. The average Bonchev–Trinajstić information content (AvgIpc) is 3.46. The monoisotopic (exact) mass is 415 g/mol. The Kier molecular flexibility index (Phi) is 4.61. The largest absolute Gasteiger partial charge is 0.485 e. The Morgan fingerprint density at radius 1 is 1.13 bits per heavy atom. The fourth-order valence-corrected chi connectivity index (χ4v) is 4.10. The molecule has 0 radical (unpaired) electrons. The van der Waals surface area contributed by atoms with E-state index in [0.29, 0.717) is 15.3 Å². The molecule has 0 unspecified atom stereocenters. The number of H-pyrrole nitrogens is 1. The van der Waals surface area contributed by atoms with Gasteiger partial charge in [0.05, 0.1) is 16.4 Å². The number of thiazole rings is 1. The molecule has 5 rings (SSSR count). The highest BCUT2D eigenvalue weighted by Crippen LogP contribution is 2.21. The van der Waals surface area contributed by atoms with Crippen molar-refractivity contribution < 1.29 is 4.74 Å². The predicted molar refractivity (Wildman–Crippen MR) is 115 cm³/mol. The van der Waals surface area contributed by atoms with Crippen molar-refractivity contribution in [1.29, 1.82) is 0 Å². The van der Waals surface area contributed by atoms with E-state index in [-0.39, 0.29) is 12.2 Å². The van der Waals surface area contributed by atoms with Crippen molar-refractivity contribution in [3.8, 4) is 17.0 Å². The van der Waals surface area contributed by atoms with E-state index in [0.717, 1.165) is 28.1 Å². The van der Waals surface area contributed by atoms with Gasteiger partial charge in [-0.05, 0) is 24.6 Å². The number of para-hydroxylation sites is 1. The molecule has 0 saturated carbocycles. The van der Waals surface area contributed by atoms with Gasteiger partial charge in [-0.15, -0.1) is 5.10 Å². The van der Waals surface area contributed by atoms with Crippen molar-refractivity contribution in [2.45, 2.75) is 13.5 Å². The normalized spacial score (nSPS) is 12.0. The number of aromatic nitrogens is 5. The number of fused-ring (bicyclic) bond motifs is 1. The molecular weight excluding hydrogens is 398 g/mol. The molecule has 0 fully saturated rings. The number of ether oxygens (including phenoxy) is 1. The summed E-state index contributed by atoms with van der Waals surface area (Å²) in [6.45, 7) is 2.18. The van der Waals surface area contributed by atoms with Gasteiger partial charge in [-0.25, -0.2) is 0 Å². The van der Waals surface area contributed by atoms with Crippen LogP contribution in [0.1, 0.15) is 17.0 Å². The quantitative estimate of drug-likeness (QED) is 0.477. The third kappa shape index (κ3) is 3.37. The first-order valence-corrected chi connectivity index (χ1v) is 10.2. The van der Waals surface area contributed by atoms with Crippen LogP contribution in [-0.4, -0.2) is 24.8 Å². The molecule has 0 saturated heterocycles. The summed E-state index contributed by atoms with van der Waals surface area (Å²) in [5.41, 5.74) is 3.54. The van der Waals surface area contributed by atoms with Gasteiger partial charge >= 0.3 is 0 Å². The molecule has 148 valence electrons. The van der Waals surface area contributed by atoms with Crippen molar-refractivity contribution in [3.05, 3.63) is 92.6 Å². The highest BCUT2D eigenvalue weighted by Gasteiger charge is 2.13. The van der Waals surface area contributed by atoms with Crippen LogP contribution in [0.5, 0.6) is 5.75 Å². The zero-order valence-electron chi connectivity index (χ0n) is 16.1. The molecule has 0 aliphatic carbocycles. The highest BCUT2D eigenvalue weighted by atomic mass is 32.1. The number of hydrogen-bond acceptors (Lipinski definition) is 6. The summed E-state index contributed by atoms with van der Waals surface area (Å²) in [6, 6.07) is 17.6. The molecule has 5 aromatic rings. The van der Waals surface area contributed by atoms with E-state index in [9.17, 15) is 4.79 Å². The Morgan fingerprint density at radius 2 is 1.93 bits per heavy atom. The molecule has 0 amide bonds. The first-order chi connectivity index (χ1) is 14.7. The van der Waals surface area contributed by atoms with Crippen LogP contribution in [0, 0.1) is 6.92 Å². The topological polar surface area (TPSA) is 85.2 Å². The van der Waals surface area contributed by atoms with Gasteiger partial charge in [0.15, 0.2) is 5.82 Å². The second-order valence-electron chi connectivity index (χ2n) is 6.76. The molecule has 0 bridgehead atoms. The van der Waals surface area contributed by atoms with Crippen LogP contribution in [0.4, 0.5) is 0 Å². The fraction of sp³-hybridized carbons (Fsp3) is 0.0909. The number of nitrogens with zero attached hydrogens (tertiary/aromatic N) is 4. The van der Waals surface area contributed by atoms with E-state index in [4.69, 9.17) is 4.74 Å². The van der Waals surface area contributed by atoms with Crippen LogP contribution in [0.15, 0.2) is 65.6 Å². The number of nitrogens with one attached hydrogen (secondary N) is 1. The van der Waals surface area contributed by atoms with Gasteiger partial charge in [-0.2, -0.15) is 14.6 Å². The van der Waals surface area contributed by atoms with Crippen molar-refractivity contribution in [3.63, 3.8) is 0 Å². The maximum Gasteiger partial charge on any atom is 0.291 e. The van der Waals surface area contributed by atoms with Crippen molar-refractivity contribution in [2.24, 2.45) is 0 Å². The zero-order valence-corrected chi connectivity index (χ0v) is 16.9. The number of aryl methyl sites for hydroxylation is 1. The minimum absolute atomic E-state index is 0.204. The van der Waals surface area contributed by atoms with E-state index in [1.54, 1.807) is 6.20 Å². The summed E-state index contributed by atoms with van der Waals surface area (Å²) in [7, 11) is 0. The molecule has 0 spiro atoms. The zero-order chi connectivity index (χ0) is 20.5. The maximum absolute atomic E-state index is 12.8. The lowest BCUT2D eigenvalue weighted by Crippen LogP contribution is -2.24. The van der Waals surface area contributed by atoms with E-state index in [1.165, 1.54) is 15.9 Å². The molecule has 3 aromatic heterocycles. The van der Waals surface area contributed by atoms with Gasteiger partial charge in [0.1, 0.15) is 12.4 Å². The van der Waals surface area contributed by atoms with Gasteiger partial charge < -0.3 is 4.74 Å². The third-order valence-corrected chi connectivity index (χ3v) is 5.65. The van der Waals surface area contributed by atoms with Crippen molar-refractivity contribution in [2.75, 3.05) is 0 Å². The summed E-state index contributed by atoms with van der Waals surface area (Å²) in [4.78, 5) is 17.8. The van der Waals surface area contributed by atoms with Gasteiger partial charge in [0, 0.05) is 11.1 Å². The highest BCUT2D eigenvalue weighted by molar-refractivity contribution is 7.15. The van der Waals surface area contributed by atoms with Crippen LogP contribution in [0.2, 0.25) is 0 Å². The van der Waals surface area contributed by atoms with Crippen LogP contribution in [0.25, 0.3) is 22.3 Å². The van der Waals surface area contributed by atoms with E-state index < -0.39 is 0 Å². The third-order valence-electron chi connectivity index (χ3n) is 4.69. The molecule has 30 heavy (non-hydrogen) atoms. The van der Waals surface area contributed by atoms with Crippen molar-refractivity contribution >= 4 is 22.4 Å². The van der Waals surface area contributed by atoms with Crippen LogP contribution in [0.3, 0.4) is 0 Å². The molecule has 0 atom stereocenters. The maximum atomic E-state index is 12.8. The van der Waals surface area contributed by atoms with E-state index in [1.807, 2.05) is 67.6 Å². The minimum atomic E-state index is -0.204. The fourth-order valence-electron chi connectivity index (χ4n) is 3.18. The van der Waals surface area contributed by atoms with Gasteiger partial charge in [0.25, 0.3) is 5.56 Å². The van der Waals surface area contributed by atoms with Crippen LogP contribution in [-0.2, 0) is 6.61 Å². The summed E-state index contributed by atoms with van der Waals surface area (Å²) in [5, 5.41) is 11.5. The Balaban J connectivity index is 1.45. The van der Waals surface area contributed by atoms with Crippen molar-refractivity contribution in [1.82, 2.24) is 24.8 Å². The molecule has 8 heteroatoms. The Labute approximate surface area is 175 Å². The number of benzene rings is 2. The molecule has 0 aliphatic heterocycles. The lowest BCUT2D eigenvalue weighted by molar-refractivity contribution is 0.294. The smallest absolute Gasteiger partial charge is 0.291 e. The molecular formula is C22H17N5O2S. The Hall–Kier alpha value is -3.78. The van der Waals surface area contributed by atoms with E-state index in [2.05, 4.69) is 20.3 Å². The SMILES string of the molecule is Cc1ccccc1OCc1nc2sc(=Cc3cn[nH]c3-c3ccccc3)c(=O)n2n1. The van der Waals surface area contributed by atoms with Gasteiger partial charge in [0.2, 0.25) is 4.96 Å². The number of hydrogen-bond donors (Lipinski definition) is 1. The molecule has 2 aromatic carbocycles. The number of rotatable bonds is 5. The number of aromatic amines is 1. The first-order valence-electron chi connectivity index (χ1n) is 9.36. The van der Waals surface area contributed by atoms with Crippen LogP contribution < -0.4 is 14.8 Å². The van der Waals surface area contributed by atoms with Gasteiger partial charge in [-0.3, -0.25) is 9.89 Å². The Bertz CT molecular complexity index is 1440. The predicted octanol–water partition coefficient (Wildman–Crippen LogP) is 2.98. The Morgan fingerprint density at radius 3 is 2.73 bits per heavy atom. The minimum Gasteiger partial charge on any atom is -0.485 e. The van der Waals surface area contributed by atoms with Gasteiger partial charge in [-0.1, -0.05) is 59.9 Å². The first kappa shape index (κ1) is 18.3. The second-order valence-corrected chi connectivity index (χ2v) is 7.77. The second kappa shape index (κ2) is 7.57. The average molecular weight is 415 g/mol. The molecule has 7 nitrogen and oxygen atoms in total.